The molecule has 0 radical (unpaired) electrons. The lowest BCUT2D eigenvalue weighted by molar-refractivity contribution is -0.149. The maximum absolute atomic E-state index is 11.9. The molecule has 1 N–H and O–H groups in total. The highest BCUT2D eigenvalue weighted by Crippen LogP contribution is 2.23. The maximum atomic E-state index is 11.9. The molecule has 0 aliphatic carbocycles. The van der Waals surface area contributed by atoms with Crippen LogP contribution in [0.4, 0.5) is 5.69 Å². The number of hydrogen-bond donors (Lipinski definition) is 1. The van der Waals surface area contributed by atoms with E-state index >= 15 is 0 Å². The molecule has 1 amide bonds. The lowest BCUT2D eigenvalue weighted by atomic mass is 10.2. The van der Waals surface area contributed by atoms with Crippen LogP contribution in [-0.2, 0) is 14.3 Å². The zero-order valence-electron chi connectivity index (χ0n) is 13.8. The maximum Gasteiger partial charge on any atom is 0.344 e. The first-order chi connectivity index (χ1) is 12.5. The zero-order valence-corrected chi connectivity index (χ0v) is 15.4. The summed E-state index contributed by atoms with van der Waals surface area (Å²) in [5, 5.41) is 13.8. The molecule has 0 bridgehead atoms. The number of carbonyl (C=O) groups is 2. The minimum Gasteiger partial charge on any atom is -0.482 e. The molecule has 0 saturated carbocycles. The summed E-state index contributed by atoms with van der Waals surface area (Å²) in [6, 6.07) is 11.8. The number of esters is 1. The lowest BCUT2D eigenvalue weighted by Gasteiger charge is -2.10. The molecular formula is C18H15ClN2O4S. The fraction of sp³-hybridized carbons (Fsp3) is 0.167. The highest BCUT2D eigenvalue weighted by molar-refractivity contribution is 8.03. The predicted molar refractivity (Wildman–Crippen MR) is 99.2 cm³/mol. The number of carbonyl (C=O) groups excluding carboxylic acids is 2. The summed E-state index contributed by atoms with van der Waals surface area (Å²) in [5.74, 6) is -0.702. The number of nitrogens with zero attached hydrogens (tertiary/aromatic N) is 1. The van der Waals surface area contributed by atoms with Gasteiger partial charge in [-0.25, -0.2) is 4.79 Å². The number of ether oxygens (including phenoxy) is 2. The van der Waals surface area contributed by atoms with Crippen molar-refractivity contribution in [1.82, 2.24) is 0 Å². The van der Waals surface area contributed by atoms with E-state index < -0.39 is 18.5 Å². The molecule has 8 heteroatoms. The number of aryl methyl sites for hydroxylation is 1. The van der Waals surface area contributed by atoms with Crippen molar-refractivity contribution in [2.75, 3.05) is 18.5 Å². The minimum atomic E-state index is -0.669. The molecule has 0 aliphatic heterocycles. The first-order valence-electron chi connectivity index (χ1n) is 7.48. The molecule has 0 aliphatic rings. The van der Waals surface area contributed by atoms with Gasteiger partial charge in [0.1, 0.15) is 11.2 Å². The van der Waals surface area contributed by atoms with Gasteiger partial charge in [-0.1, -0.05) is 17.7 Å². The number of rotatable bonds is 7. The number of halogens is 1. The van der Waals surface area contributed by atoms with Gasteiger partial charge in [-0.05, 0) is 60.6 Å². The van der Waals surface area contributed by atoms with Crippen LogP contribution in [0.1, 0.15) is 5.56 Å². The third-order valence-corrected chi connectivity index (χ3v) is 3.97. The Balaban J connectivity index is 1.77. The van der Waals surface area contributed by atoms with E-state index in [1.54, 1.807) is 42.5 Å². The number of amides is 1. The number of hydrogen-bond acceptors (Lipinski definition) is 6. The van der Waals surface area contributed by atoms with Crippen LogP contribution in [0.3, 0.4) is 0 Å². The molecule has 6 nitrogen and oxygen atoms in total. The van der Waals surface area contributed by atoms with E-state index in [1.165, 1.54) is 0 Å². The second-order valence-corrected chi connectivity index (χ2v) is 6.42. The van der Waals surface area contributed by atoms with Gasteiger partial charge in [0.2, 0.25) is 0 Å². The quantitative estimate of drug-likeness (QED) is 0.439. The molecule has 0 atom stereocenters. The second kappa shape index (κ2) is 9.70. The Labute approximate surface area is 160 Å². The Morgan fingerprint density at radius 2 is 2.04 bits per heavy atom. The topological polar surface area (TPSA) is 88.4 Å². The second-order valence-electron chi connectivity index (χ2n) is 5.12. The van der Waals surface area contributed by atoms with E-state index in [2.05, 4.69) is 5.32 Å². The summed E-state index contributed by atoms with van der Waals surface area (Å²) >= 11 is 6.85. The van der Waals surface area contributed by atoms with Gasteiger partial charge >= 0.3 is 5.97 Å². The van der Waals surface area contributed by atoms with Crippen LogP contribution in [0.25, 0.3) is 0 Å². The van der Waals surface area contributed by atoms with Crippen molar-refractivity contribution < 1.29 is 19.1 Å². The number of anilines is 1. The molecule has 2 aromatic rings. The van der Waals surface area contributed by atoms with Crippen LogP contribution >= 0.6 is 23.4 Å². The largest absolute Gasteiger partial charge is 0.482 e. The van der Waals surface area contributed by atoms with Crippen molar-refractivity contribution in [3.63, 3.8) is 0 Å². The molecule has 0 fully saturated rings. The van der Waals surface area contributed by atoms with Crippen LogP contribution in [0.5, 0.6) is 5.75 Å². The van der Waals surface area contributed by atoms with Crippen LogP contribution in [0.2, 0.25) is 5.02 Å². The van der Waals surface area contributed by atoms with Crippen molar-refractivity contribution in [1.29, 1.82) is 5.26 Å². The van der Waals surface area contributed by atoms with Gasteiger partial charge in [0.15, 0.2) is 13.2 Å². The number of thioether (sulfide) groups is 1. The van der Waals surface area contributed by atoms with Crippen LogP contribution in [0, 0.1) is 17.6 Å². The van der Waals surface area contributed by atoms with Crippen molar-refractivity contribution in [3.05, 3.63) is 53.1 Å². The standard InChI is InChI=1S/C18H15ClN2O4S/c1-12-7-15(26-11-20)5-6-16(12)21-17(22)9-25-18(23)10-24-14-4-2-3-13(19)8-14/h2-8H,9-10H2,1H3,(H,21,22). The van der Waals surface area contributed by atoms with Crippen molar-refractivity contribution in [2.24, 2.45) is 0 Å². The highest BCUT2D eigenvalue weighted by atomic mass is 35.5. The Kier molecular flexibility index (Phi) is 7.33. The van der Waals surface area contributed by atoms with Crippen molar-refractivity contribution in [3.8, 4) is 11.2 Å². The van der Waals surface area contributed by atoms with Gasteiger partial charge in [-0.2, -0.15) is 5.26 Å². The number of nitriles is 1. The highest BCUT2D eigenvalue weighted by Gasteiger charge is 2.10. The zero-order chi connectivity index (χ0) is 18.9. The lowest BCUT2D eigenvalue weighted by Crippen LogP contribution is -2.24. The Hall–Kier alpha value is -2.69. The van der Waals surface area contributed by atoms with Crippen molar-refractivity contribution in [2.45, 2.75) is 11.8 Å². The molecule has 0 aromatic heterocycles. The average Bonchev–Trinajstić information content (AvgIpc) is 2.61. The molecule has 0 unspecified atom stereocenters. The third-order valence-electron chi connectivity index (χ3n) is 3.15. The van der Waals surface area contributed by atoms with E-state index in [0.717, 1.165) is 22.2 Å². The SMILES string of the molecule is Cc1cc(SC#N)ccc1NC(=O)COC(=O)COc1cccc(Cl)c1. The first kappa shape index (κ1) is 19.6. The molecule has 134 valence electrons. The van der Waals surface area contributed by atoms with Crippen molar-refractivity contribution >= 4 is 40.9 Å². The van der Waals surface area contributed by atoms with Gasteiger partial charge in [-0.15, -0.1) is 0 Å². The first-order valence-corrected chi connectivity index (χ1v) is 8.68. The summed E-state index contributed by atoms with van der Waals surface area (Å²) in [7, 11) is 0. The fourth-order valence-electron chi connectivity index (χ4n) is 1.97. The Morgan fingerprint density at radius 1 is 1.23 bits per heavy atom. The monoisotopic (exact) mass is 390 g/mol. The Bertz CT molecular complexity index is 851. The van der Waals surface area contributed by atoms with E-state index in [0.29, 0.717) is 16.5 Å². The average molecular weight is 391 g/mol. The fourth-order valence-corrected chi connectivity index (χ4v) is 2.62. The van der Waals surface area contributed by atoms with Gasteiger partial charge in [0, 0.05) is 15.6 Å². The molecule has 0 saturated heterocycles. The number of thiocyanates is 1. The van der Waals surface area contributed by atoms with Gasteiger partial charge in [0.25, 0.3) is 5.91 Å². The molecule has 0 heterocycles. The van der Waals surface area contributed by atoms with E-state index in [1.807, 2.05) is 12.3 Å². The molecule has 0 spiro atoms. The van der Waals surface area contributed by atoms with E-state index in [-0.39, 0.29) is 6.61 Å². The summed E-state index contributed by atoms with van der Waals surface area (Å²) in [6.07, 6.45) is 0. The van der Waals surface area contributed by atoms with Gasteiger partial charge in [-0.3, -0.25) is 4.79 Å². The predicted octanol–water partition coefficient (Wildman–Crippen LogP) is 3.78. The summed E-state index contributed by atoms with van der Waals surface area (Å²) < 4.78 is 10.1. The Morgan fingerprint density at radius 3 is 2.73 bits per heavy atom. The molecular weight excluding hydrogens is 376 g/mol. The summed E-state index contributed by atoms with van der Waals surface area (Å²) in [6.45, 7) is 1.06. The molecule has 26 heavy (non-hydrogen) atoms. The van der Waals surface area contributed by atoms with Crippen LogP contribution in [-0.4, -0.2) is 25.1 Å². The van der Waals surface area contributed by atoms with Gasteiger partial charge < -0.3 is 14.8 Å². The van der Waals surface area contributed by atoms with Crippen LogP contribution in [0.15, 0.2) is 47.4 Å². The minimum absolute atomic E-state index is 0.327. The summed E-state index contributed by atoms with van der Waals surface area (Å²) in [4.78, 5) is 24.3. The molecule has 2 rings (SSSR count). The number of nitrogens with one attached hydrogen (secondary N) is 1. The van der Waals surface area contributed by atoms with E-state index in [4.69, 9.17) is 26.3 Å². The van der Waals surface area contributed by atoms with Crippen LogP contribution < -0.4 is 10.1 Å². The smallest absolute Gasteiger partial charge is 0.344 e. The third kappa shape index (κ3) is 6.31. The van der Waals surface area contributed by atoms with E-state index in [9.17, 15) is 9.59 Å². The summed E-state index contributed by atoms with van der Waals surface area (Å²) in [5.41, 5.74) is 1.39. The molecule has 2 aromatic carbocycles. The normalized spacial score (nSPS) is 9.88. The number of benzene rings is 2. The van der Waals surface area contributed by atoms with Gasteiger partial charge in [0.05, 0.1) is 0 Å².